The van der Waals surface area contributed by atoms with Crippen LogP contribution in [0.1, 0.15) is 29.7 Å². The number of carbonyl (C=O) groups is 2. The molecule has 0 saturated heterocycles. The largest absolute Gasteiger partial charge is 0.481 e. The zero-order valence-corrected chi connectivity index (χ0v) is 20.3. The summed E-state index contributed by atoms with van der Waals surface area (Å²) in [5.41, 5.74) is 2.83. The van der Waals surface area contributed by atoms with E-state index < -0.39 is 17.5 Å². The Labute approximate surface area is 213 Å². The van der Waals surface area contributed by atoms with Crippen molar-refractivity contribution >= 4 is 17.7 Å². The molecule has 8 heteroatoms. The van der Waals surface area contributed by atoms with Gasteiger partial charge in [0.1, 0.15) is 22.9 Å². The van der Waals surface area contributed by atoms with Crippen LogP contribution in [-0.2, 0) is 21.4 Å². The van der Waals surface area contributed by atoms with Crippen molar-refractivity contribution in [2.75, 3.05) is 11.9 Å². The van der Waals surface area contributed by atoms with Crippen LogP contribution in [0.4, 0.5) is 10.5 Å². The molecule has 1 aromatic heterocycles. The van der Waals surface area contributed by atoms with Crippen LogP contribution in [0.25, 0.3) is 11.3 Å². The monoisotopic (exact) mass is 498 g/mol. The number of ether oxygens (including phenoxy) is 2. The Bertz CT molecular complexity index is 1390. The number of carboxylic acids is 1. The lowest BCUT2D eigenvalue weighted by molar-refractivity contribution is -0.140. The van der Waals surface area contributed by atoms with Crippen LogP contribution < -0.4 is 10.1 Å². The molecule has 0 spiro atoms. The minimum Gasteiger partial charge on any atom is -0.481 e. The van der Waals surface area contributed by atoms with Crippen LogP contribution >= 0.6 is 0 Å². The van der Waals surface area contributed by atoms with Crippen molar-refractivity contribution < 1.29 is 28.7 Å². The molecule has 1 amide bonds. The van der Waals surface area contributed by atoms with Crippen molar-refractivity contribution in [2.45, 2.75) is 31.6 Å². The first-order valence-corrected chi connectivity index (χ1v) is 12.0. The quantitative estimate of drug-likeness (QED) is 0.277. The van der Waals surface area contributed by atoms with E-state index in [-0.39, 0.29) is 6.61 Å². The van der Waals surface area contributed by atoms with E-state index in [4.69, 9.17) is 14.0 Å². The molecule has 188 valence electrons. The lowest BCUT2D eigenvalue weighted by atomic mass is 9.96. The Morgan fingerprint density at radius 3 is 2.24 bits per heavy atom. The van der Waals surface area contributed by atoms with Crippen molar-refractivity contribution in [1.82, 2.24) is 5.16 Å². The second-order valence-electron chi connectivity index (χ2n) is 9.01. The highest BCUT2D eigenvalue weighted by atomic mass is 16.5. The molecule has 8 nitrogen and oxygen atoms in total. The topological polar surface area (TPSA) is 111 Å². The predicted molar refractivity (Wildman–Crippen MR) is 137 cm³/mol. The van der Waals surface area contributed by atoms with E-state index in [0.717, 1.165) is 11.1 Å². The molecule has 1 aliphatic carbocycles. The SMILES string of the molecule is Cc1noc(-c2ccc(Oc3ccc(C4(C(=O)O)CC4)cc3)cc2)c1NC(=O)OCCc1ccccc1. The van der Waals surface area contributed by atoms with Gasteiger partial charge < -0.3 is 19.1 Å². The van der Waals surface area contributed by atoms with Gasteiger partial charge in [-0.25, -0.2) is 4.79 Å². The minimum atomic E-state index is -0.784. The number of hydrogen-bond acceptors (Lipinski definition) is 6. The van der Waals surface area contributed by atoms with Crippen molar-refractivity contribution in [1.29, 1.82) is 0 Å². The van der Waals surface area contributed by atoms with E-state index in [1.807, 2.05) is 30.3 Å². The normalized spacial score (nSPS) is 13.5. The van der Waals surface area contributed by atoms with Gasteiger partial charge in [0.2, 0.25) is 0 Å². The molecule has 1 heterocycles. The minimum absolute atomic E-state index is 0.250. The molecule has 5 rings (SSSR count). The first-order chi connectivity index (χ1) is 17.9. The van der Waals surface area contributed by atoms with Crippen LogP contribution in [0.15, 0.2) is 83.4 Å². The number of aromatic nitrogens is 1. The second-order valence-corrected chi connectivity index (χ2v) is 9.01. The third-order valence-electron chi connectivity index (χ3n) is 6.48. The van der Waals surface area contributed by atoms with Gasteiger partial charge >= 0.3 is 12.1 Å². The van der Waals surface area contributed by atoms with Crippen molar-refractivity contribution in [2.24, 2.45) is 0 Å². The van der Waals surface area contributed by atoms with Gasteiger partial charge in [0, 0.05) is 12.0 Å². The van der Waals surface area contributed by atoms with Crippen LogP contribution in [-0.4, -0.2) is 28.9 Å². The Balaban J connectivity index is 1.20. The number of nitrogens with one attached hydrogen (secondary N) is 1. The van der Waals surface area contributed by atoms with Crippen LogP contribution in [0.3, 0.4) is 0 Å². The lowest BCUT2D eigenvalue weighted by Crippen LogP contribution is -2.19. The number of nitrogens with zero attached hydrogens (tertiary/aromatic N) is 1. The summed E-state index contributed by atoms with van der Waals surface area (Å²) in [5.74, 6) is 0.835. The predicted octanol–water partition coefficient (Wildman–Crippen LogP) is 6.35. The molecule has 0 aliphatic heterocycles. The van der Waals surface area contributed by atoms with E-state index >= 15 is 0 Å². The number of carboxylic acid groups (broad SMARTS) is 1. The molecule has 1 fully saturated rings. The Morgan fingerprint density at radius 1 is 0.973 bits per heavy atom. The summed E-state index contributed by atoms with van der Waals surface area (Å²) in [5, 5.41) is 16.2. The van der Waals surface area contributed by atoms with E-state index in [2.05, 4.69) is 10.5 Å². The summed E-state index contributed by atoms with van der Waals surface area (Å²) in [4.78, 5) is 23.9. The molecule has 37 heavy (non-hydrogen) atoms. The first-order valence-electron chi connectivity index (χ1n) is 12.0. The van der Waals surface area contributed by atoms with Gasteiger partial charge in [-0.2, -0.15) is 0 Å². The van der Waals surface area contributed by atoms with Crippen LogP contribution in [0.2, 0.25) is 0 Å². The molecule has 3 aromatic carbocycles. The molecular weight excluding hydrogens is 472 g/mol. The first kappa shape index (κ1) is 24.1. The standard InChI is InChI=1S/C29H26N2O6/c1-19-25(30-28(34)35-18-15-20-5-3-2-4-6-20)26(37-31-19)21-7-11-23(12-8-21)36-24-13-9-22(10-14-24)29(16-17-29)27(32)33/h2-14H,15-18H2,1H3,(H,30,34)(H,32,33). The van der Waals surface area contributed by atoms with E-state index in [1.54, 1.807) is 55.5 Å². The third-order valence-corrected chi connectivity index (χ3v) is 6.48. The van der Waals surface area contributed by atoms with E-state index in [0.29, 0.717) is 53.5 Å². The second kappa shape index (κ2) is 10.2. The molecule has 0 unspecified atom stereocenters. The highest BCUT2D eigenvalue weighted by Gasteiger charge is 2.51. The zero-order chi connectivity index (χ0) is 25.8. The Morgan fingerprint density at radius 2 is 1.62 bits per heavy atom. The van der Waals surface area contributed by atoms with Gasteiger partial charge in [-0.05, 0) is 67.3 Å². The van der Waals surface area contributed by atoms with Crippen molar-refractivity contribution in [3.05, 3.63) is 95.7 Å². The summed E-state index contributed by atoms with van der Waals surface area (Å²) in [7, 11) is 0. The number of aliphatic carboxylic acids is 1. The highest BCUT2D eigenvalue weighted by molar-refractivity contribution is 5.90. The van der Waals surface area contributed by atoms with Crippen LogP contribution in [0.5, 0.6) is 11.5 Å². The number of benzene rings is 3. The van der Waals surface area contributed by atoms with Gasteiger partial charge in [-0.3, -0.25) is 10.1 Å². The fraction of sp³-hybridized carbons (Fsp3) is 0.207. The maximum Gasteiger partial charge on any atom is 0.411 e. The molecule has 1 saturated carbocycles. The number of anilines is 1. The maximum atomic E-state index is 12.4. The third kappa shape index (κ3) is 5.33. The smallest absolute Gasteiger partial charge is 0.411 e. The number of amides is 1. The Hall–Kier alpha value is -4.59. The summed E-state index contributed by atoms with van der Waals surface area (Å²) in [6.45, 7) is 1.99. The number of aryl methyl sites for hydroxylation is 1. The highest BCUT2D eigenvalue weighted by Crippen LogP contribution is 2.48. The lowest BCUT2D eigenvalue weighted by Gasteiger charge is -2.12. The molecule has 0 bridgehead atoms. The molecule has 4 aromatic rings. The number of rotatable bonds is 9. The number of hydrogen-bond donors (Lipinski definition) is 2. The summed E-state index contributed by atoms with van der Waals surface area (Å²) in [6, 6.07) is 24.1. The van der Waals surface area contributed by atoms with Gasteiger partial charge in [0.25, 0.3) is 0 Å². The van der Waals surface area contributed by atoms with Gasteiger partial charge in [0.05, 0.1) is 12.0 Å². The van der Waals surface area contributed by atoms with E-state index in [1.165, 1.54) is 0 Å². The summed E-state index contributed by atoms with van der Waals surface area (Å²) in [6.07, 6.45) is 1.36. The average Bonchev–Trinajstić information content (AvgIpc) is 3.65. The van der Waals surface area contributed by atoms with Gasteiger partial charge in [0.15, 0.2) is 5.76 Å². The molecular formula is C29H26N2O6. The summed E-state index contributed by atoms with van der Waals surface area (Å²) >= 11 is 0. The van der Waals surface area contributed by atoms with E-state index in [9.17, 15) is 14.7 Å². The fourth-order valence-electron chi connectivity index (χ4n) is 4.16. The number of carbonyl (C=O) groups excluding carboxylic acids is 1. The molecule has 0 radical (unpaired) electrons. The molecule has 0 atom stereocenters. The maximum absolute atomic E-state index is 12.4. The van der Waals surface area contributed by atoms with Gasteiger partial charge in [-0.15, -0.1) is 0 Å². The fourth-order valence-corrected chi connectivity index (χ4v) is 4.16. The van der Waals surface area contributed by atoms with Crippen molar-refractivity contribution in [3.63, 3.8) is 0 Å². The van der Waals surface area contributed by atoms with Crippen molar-refractivity contribution in [3.8, 4) is 22.8 Å². The molecule has 2 N–H and O–H groups in total. The average molecular weight is 499 g/mol. The Kier molecular flexibility index (Phi) is 6.64. The van der Waals surface area contributed by atoms with Crippen LogP contribution in [0, 0.1) is 6.92 Å². The summed E-state index contributed by atoms with van der Waals surface area (Å²) < 4.78 is 16.7. The zero-order valence-electron chi connectivity index (χ0n) is 20.3. The molecule has 1 aliphatic rings. The van der Waals surface area contributed by atoms with Gasteiger partial charge in [-0.1, -0.05) is 47.6 Å².